The fraction of sp³-hybridized carbons (Fsp3) is 0.600. The van der Waals surface area contributed by atoms with Crippen molar-refractivity contribution < 1.29 is 0 Å². The van der Waals surface area contributed by atoms with Gasteiger partial charge in [0.1, 0.15) is 6.33 Å². The Hall–Kier alpha value is -1.00. The van der Waals surface area contributed by atoms with E-state index in [0.717, 1.165) is 12.1 Å². The molecule has 0 radical (unpaired) electrons. The second-order valence-electron chi connectivity index (χ2n) is 3.35. The van der Waals surface area contributed by atoms with E-state index < -0.39 is 0 Å². The zero-order valence-corrected chi connectivity index (χ0v) is 8.61. The van der Waals surface area contributed by atoms with Crippen LogP contribution in [0, 0.1) is 0 Å². The Balaban J connectivity index is 2.46. The predicted octanol–water partition coefficient (Wildman–Crippen LogP) is 1.56. The van der Waals surface area contributed by atoms with E-state index in [2.05, 4.69) is 22.3 Å². The number of hydrogen-bond donors (Lipinski definition) is 2. The third-order valence-corrected chi connectivity index (χ3v) is 2.26. The van der Waals surface area contributed by atoms with Crippen LogP contribution in [0.2, 0.25) is 0 Å². The van der Waals surface area contributed by atoms with Gasteiger partial charge in [-0.25, -0.2) is 9.97 Å². The lowest BCUT2D eigenvalue weighted by Crippen LogP contribution is -2.28. The minimum atomic E-state index is 0.157. The summed E-state index contributed by atoms with van der Waals surface area (Å²) in [6.45, 7) is 2.19. The molecule has 1 unspecified atom stereocenters. The van der Waals surface area contributed by atoms with Gasteiger partial charge in [0.15, 0.2) is 0 Å². The molecular formula is C10H18N4. The molecule has 0 saturated heterocycles. The van der Waals surface area contributed by atoms with Gasteiger partial charge >= 0.3 is 0 Å². The molecule has 1 rings (SSSR count). The minimum Gasteiger partial charge on any atom is -0.271 e. The van der Waals surface area contributed by atoms with Gasteiger partial charge in [0.05, 0.1) is 11.7 Å². The largest absolute Gasteiger partial charge is 0.271 e. The number of rotatable bonds is 6. The highest BCUT2D eigenvalue weighted by atomic mass is 15.2. The summed E-state index contributed by atoms with van der Waals surface area (Å²) < 4.78 is 0. The van der Waals surface area contributed by atoms with Gasteiger partial charge in [-0.15, -0.1) is 0 Å². The zero-order chi connectivity index (χ0) is 10.2. The van der Waals surface area contributed by atoms with Crippen LogP contribution in [-0.2, 0) is 0 Å². The predicted molar refractivity (Wildman–Crippen MR) is 56.2 cm³/mol. The summed E-state index contributed by atoms with van der Waals surface area (Å²) >= 11 is 0. The lowest BCUT2D eigenvalue weighted by Gasteiger charge is -2.14. The molecule has 4 heteroatoms. The molecule has 0 bridgehead atoms. The summed E-state index contributed by atoms with van der Waals surface area (Å²) in [5, 5.41) is 0. The van der Waals surface area contributed by atoms with Crippen LogP contribution in [0.1, 0.15) is 44.3 Å². The molecule has 78 valence electrons. The van der Waals surface area contributed by atoms with Crippen molar-refractivity contribution in [2.75, 3.05) is 0 Å². The maximum atomic E-state index is 5.48. The topological polar surface area (TPSA) is 63.8 Å². The molecule has 14 heavy (non-hydrogen) atoms. The van der Waals surface area contributed by atoms with Gasteiger partial charge in [-0.1, -0.05) is 26.2 Å². The maximum Gasteiger partial charge on any atom is 0.115 e. The number of hydrazine groups is 1. The fourth-order valence-corrected chi connectivity index (χ4v) is 1.42. The normalized spacial score (nSPS) is 12.7. The third kappa shape index (κ3) is 3.40. The number of nitrogens with zero attached hydrogens (tertiary/aromatic N) is 2. The summed E-state index contributed by atoms with van der Waals surface area (Å²) in [6, 6.07) is 2.06. The molecule has 0 spiro atoms. The smallest absolute Gasteiger partial charge is 0.115 e. The Bertz CT molecular complexity index is 237. The Kier molecular flexibility index (Phi) is 5.11. The monoisotopic (exact) mass is 194 g/mol. The lowest BCUT2D eigenvalue weighted by atomic mass is 10.1. The third-order valence-electron chi connectivity index (χ3n) is 2.26. The molecule has 0 aliphatic rings. The van der Waals surface area contributed by atoms with Gasteiger partial charge in [0.25, 0.3) is 0 Å². The summed E-state index contributed by atoms with van der Waals surface area (Å²) in [6.07, 6.45) is 7.97. The van der Waals surface area contributed by atoms with Crippen LogP contribution in [0.25, 0.3) is 0 Å². The number of aromatic nitrogens is 2. The molecule has 0 aliphatic heterocycles. The molecule has 0 saturated carbocycles. The quantitative estimate of drug-likeness (QED) is 0.410. The van der Waals surface area contributed by atoms with Crippen molar-refractivity contribution in [1.82, 2.24) is 15.4 Å². The Morgan fingerprint density at radius 3 is 2.93 bits per heavy atom. The van der Waals surface area contributed by atoms with Crippen molar-refractivity contribution in [2.24, 2.45) is 5.84 Å². The second kappa shape index (κ2) is 6.45. The standard InChI is InChI=1S/C10H18N4/c1-2-3-4-5-10(14-11)9-6-7-12-8-13-9/h6-8,10,14H,2-5,11H2,1H3. The van der Waals surface area contributed by atoms with E-state index in [1.54, 1.807) is 12.5 Å². The summed E-state index contributed by atoms with van der Waals surface area (Å²) in [7, 11) is 0. The van der Waals surface area contributed by atoms with Crippen molar-refractivity contribution in [1.29, 1.82) is 0 Å². The first kappa shape index (κ1) is 11.1. The van der Waals surface area contributed by atoms with Crippen LogP contribution >= 0.6 is 0 Å². The zero-order valence-electron chi connectivity index (χ0n) is 8.61. The summed E-state index contributed by atoms with van der Waals surface area (Å²) in [4.78, 5) is 8.05. The molecule has 0 aromatic carbocycles. The molecule has 1 aromatic heterocycles. The van der Waals surface area contributed by atoms with Crippen molar-refractivity contribution in [2.45, 2.75) is 38.6 Å². The van der Waals surface area contributed by atoms with Crippen molar-refractivity contribution >= 4 is 0 Å². The molecule has 0 aliphatic carbocycles. The first-order chi connectivity index (χ1) is 6.88. The van der Waals surface area contributed by atoms with E-state index in [0.29, 0.717) is 0 Å². The van der Waals surface area contributed by atoms with Crippen LogP contribution < -0.4 is 11.3 Å². The van der Waals surface area contributed by atoms with Crippen molar-refractivity contribution in [3.63, 3.8) is 0 Å². The average Bonchev–Trinajstić information content (AvgIpc) is 2.26. The number of hydrogen-bond acceptors (Lipinski definition) is 4. The highest BCUT2D eigenvalue weighted by Crippen LogP contribution is 2.15. The molecule has 1 aromatic rings. The molecule has 0 fully saturated rings. The number of unbranched alkanes of at least 4 members (excludes halogenated alkanes) is 2. The SMILES string of the molecule is CCCCCC(NN)c1ccncn1. The van der Waals surface area contributed by atoms with E-state index >= 15 is 0 Å². The van der Waals surface area contributed by atoms with Gasteiger partial charge in [0.2, 0.25) is 0 Å². The van der Waals surface area contributed by atoms with Gasteiger partial charge in [-0.3, -0.25) is 11.3 Å². The van der Waals surface area contributed by atoms with Crippen LogP contribution in [0.4, 0.5) is 0 Å². The molecule has 1 atom stereocenters. The molecular weight excluding hydrogens is 176 g/mol. The molecule has 3 N–H and O–H groups in total. The Morgan fingerprint density at radius 1 is 1.50 bits per heavy atom. The van der Waals surface area contributed by atoms with Gasteiger partial charge in [-0.2, -0.15) is 0 Å². The highest BCUT2D eigenvalue weighted by molar-refractivity contribution is 5.03. The summed E-state index contributed by atoms with van der Waals surface area (Å²) in [5.74, 6) is 5.48. The van der Waals surface area contributed by atoms with Gasteiger partial charge < -0.3 is 0 Å². The van der Waals surface area contributed by atoms with Gasteiger partial charge in [-0.05, 0) is 12.5 Å². The van der Waals surface area contributed by atoms with Crippen LogP contribution in [0.15, 0.2) is 18.6 Å². The van der Waals surface area contributed by atoms with E-state index in [1.807, 2.05) is 6.07 Å². The average molecular weight is 194 g/mol. The maximum absolute atomic E-state index is 5.48. The Labute approximate surface area is 84.9 Å². The highest BCUT2D eigenvalue weighted by Gasteiger charge is 2.09. The van der Waals surface area contributed by atoms with Crippen LogP contribution in [-0.4, -0.2) is 9.97 Å². The molecule has 1 heterocycles. The van der Waals surface area contributed by atoms with E-state index in [-0.39, 0.29) is 6.04 Å². The van der Waals surface area contributed by atoms with Gasteiger partial charge in [0, 0.05) is 6.20 Å². The van der Waals surface area contributed by atoms with E-state index in [1.165, 1.54) is 19.3 Å². The van der Waals surface area contributed by atoms with E-state index in [9.17, 15) is 0 Å². The lowest BCUT2D eigenvalue weighted by molar-refractivity contribution is 0.476. The van der Waals surface area contributed by atoms with Crippen molar-refractivity contribution in [3.05, 3.63) is 24.3 Å². The minimum absolute atomic E-state index is 0.157. The van der Waals surface area contributed by atoms with E-state index in [4.69, 9.17) is 5.84 Å². The number of nitrogens with one attached hydrogen (secondary N) is 1. The molecule has 0 amide bonds. The van der Waals surface area contributed by atoms with Crippen molar-refractivity contribution in [3.8, 4) is 0 Å². The Morgan fingerprint density at radius 2 is 2.36 bits per heavy atom. The summed E-state index contributed by atoms with van der Waals surface area (Å²) in [5.41, 5.74) is 3.76. The first-order valence-electron chi connectivity index (χ1n) is 5.10. The first-order valence-corrected chi connectivity index (χ1v) is 5.10. The fourth-order valence-electron chi connectivity index (χ4n) is 1.42. The van der Waals surface area contributed by atoms with Crippen LogP contribution in [0.3, 0.4) is 0 Å². The number of nitrogens with two attached hydrogens (primary N) is 1. The van der Waals surface area contributed by atoms with Crippen LogP contribution in [0.5, 0.6) is 0 Å². The molecule has 4 nitrogen and oxygen atoms in total. The second-order valence-corrected chi connectivity index (χ2v) is 3.35.